The van der Waals surface area contributed by atoms with Gasteiger partial charge in [-0.15, -0.1) is 0 Å². The monoisotopic (exact) mass is 468 g/mol. The number of halogens is 1. The number of hydrogen-bond donors (Lipinski definition) is 3. The molecule has 1 amide bonds. The van der Waals surface area contributed by atoms with Crippen LogP contribution in [0.5, 0.6) is 0 Å². The molecular weight excluding hydrogens is 444 g/mol. The van der Waals surface area contributed by atoms with E-state index < -0.39 is 0 Å². The fourth-order valence-corrected chi connectivity index (χ4v) is 5.16. The first-order valence-electron chi connectivity index (χ1n) is 10.6. The maximum Gasteiger partial charge on any atom is 0.234 e. The number of benzene rings is 2. The Morgan fingerprint density at radius 3 is 2.84 bits per heavy atom. The number of nitrogens with one attached hydrogen (secondary N) is 3. The molecule has 3 N–H and O–H groups in total. The second-order valence-electron chi connectivity index (χ2n) is 8.27. The number of hydrogen-bond acceptors (Lipinski definition) is 7. The first-order valence-corrected chi connectivity index (χ1v) is 11.9. The summed E-state index contributed by atoms with van der Waals surface area (Å²) in [6.45, 7) is 4.05. The Morgan fingerprint density at radius 1 is 1.22 bits per heavy atom. The molecule has 5 rings (SSSR count). The number of fused-ring (bicyclic) bond motifs is 3. The van der Waals surface area contributed by atoms with E-state index in [1.807, 2.05) is 31.5 Å². The van der Waals surface area contributed by atoms with Crippen LogP contribution in [0.25, 0.3) is 0 Å². The molecule has 32 heavy (non-hydrogen) atoms. The molecule has 3 aliphatic heterocycles. The highest BCUT2D eigenvalue weighted by Crippen LogP contribution is 2.35. The van der Waals surface area contributed by atoms with E-state index in [9.17, 15) is 4.79 Å². The Labute approximate surface area is 196 Å². The van der Waals surface area contributed by atoms with Crippen LogP contribution < -0.4 is 16.2 Å². The molecule has 3 heterocycles. The van der Waals surface area contributed by atoms with Gasteiger partial charge in [0.15, 0.2) is 5.17 Å². The lowest BCUT2D eigenvalue weighted by molar-refractivity contribution is -0.113. The molecule has 0 aromatic heterocycles. The number of hydrazine groups is 1. The van der Waals surface area contributed by atoms with Gasteiger partial charge in [-0.05, 0) is 43.5 Å². The average Bonchev–Trinajstić information content (AvgIpc) is 3.39. The van der Waals surface area contributed by atoms with Crippen LogP contribution in [0.2, 0.25) is 5.02 Å². The van der Waals surface area contributed by atoms with Crippen LogP contribution in [0.1, 0.15) is 29.2 Å². The van der Waals surface area contributed by atoms with Crippen molar-refractivity contribution in [3.8, 4) is 0 Å². The second-order valence-corrected chi connectivity index (χ2v) is 9.65. The van der Waals surface area contributed by atoms with Gasteiger partial charge >= 0.3 is 0 Å². The van der Waals surface area contributed by atoms with Crippen LogP contribution in [0.15, 0.2) is 60.0 Å². The standard InChI is InChI=1S/C23H25ClN6OS/c1-14-3-6-16(7-4-14)19-12-20-22-26-27-23(29(22)9-10-30(20)28-19)32-13-21(31)25-18-11-17(24)8-5-15(18)2/h3-11,19-20,22,26,28H,12-13H2,1-2H3,(H,25,31). The summed E-state index contributed by atoms with van der Waals surface area (Å²) in [7, 11) is 0. The summed E-state index contributed by atoms with van der Waals surface area (Å²) in [5.74, 6) is 0.179. The van der Waals surface area contributed by atoms with E-state index in [-0.39, 0.29) is 29.9 Å². The van der Waals surface area contributed by atoms with Crippen molar-refractivity contribution in [2.45, 2.75) is 38.5 Å². The largest absolute Gasteiger partial charge is 0.325 e. The molecular formula is C23H25ClN6OS. The zero-order chi connectivity index (χ0) is 22.2. The molecule has 0 bridgehead atoms. The van der Waals surface area contributed by atoms with Crippen LogP contribution in [-0.2, 0) is 4.79 Å². The number of rotatable bonds is 4. The molecule has 7 nitrogen and oxygen atoms in total. The lowest BCUT2D eigenvalue weighted by Gasteiger charge is -2.36. The summed E-state index contributed by atoms with van der Waals surface area (Å²) >= 11 is 7.47. The van der Waals surface area contributed by atoms with Crippen molar-refractivity contribution < 1.29 is 4.79 Å². The molecule has 166 valence electrons. The van der Waals surface area contributed by atoms with Gasteiger partial charge in [0.1, 0.15) is 6.17 Å². The predicted molar refractivity (Wildman–Crippen MR) is 130 cm³/mol. The first kappa shape index (κ1) is 21.2. The van der Waals surface area contributed by atoms with E-state index in [0.717, 1.165) is 22.8 Å². The van der Waals surface area contributed by atoms with Gasteiger partial charge in [0.25, 0.3) is 0 Å². The summed E-state index contributed by atoms with van der Waals surface area (Å²) in [6, 6.07) is 14.6. The number of carbonyl (C=O) groups is 1. The number of amidine groups is 1. The van der Waals surface area contributed by atoms with Crippen molar-refractivity contribution in [3.05, 3.63) is 76.6 Å². The highest BCUT2D eigenvalue weighted by atomic mass is 35.5. The second kappa shape index (κ2) is 8.69. The zero-order valence-corrected chi connectivity index (χ0v) is 19.5. The van der Waals surface area contributed by atoms with Gasteiger partial charge in [0, 0.05) is 23.1 Å². The highest BCUT2D eigenvalue weighted by Gasteiger charge is 2.44. The van der Waals surface area contributed by atoms with Crippen molar-refractivity contribution >= 4 is 40.1 Å². The third-order valence-corrected chi connectivity index (χ3v) is 7.19. The minimum Gasteiger partial charge on any atom is -0.325 e. The minimum atomic E-state index is -0.0869. The summed E-state index contributed by atoms with van der Waals surface area (Å²) < 4.78 is 0. The Hall–Kier alpha value is -2.68. The van der Waals surface area contributed by atoms with Crippen LogP contribution >= 0.6 is 23.4 Å². The van der Waals surface area contributed by atoms with Crippen molar-refractivity contribution in [2.75, 3.05) is 11.1 Å². The van der Waals surface area contributed by atoms with Crippen LogP contribution in [-0.4, -0.2) is 38.9 Å². The van der Waals surface area contributed by atoms with Crippen LogP contribution in [0.3, 0.4) is 0 Å². The first-order chi connectivity index (χ1) is 15.5. The van der Waals surface area contributed by atoms with Gasteiger partial charge < -0.3 is 15.2 Å². The van der Waals surface area contributed by atoms with Crippen molar-refractivity contribution in [3.63, 3.8) is 0 Å². The molecule has 3 unspecified atom stereocenters. The highest BCUT2D eigenvalue weighted by molar-refractivity contribution is 8.14. The van der Waals surface area contributed by atoms with Gasteiger partial charge in [-0.1, -0.05) is 59.3 Å². The lowest BCUT2D eigenvalue weighted by atomic mass is 9.99. The topological polar surface area (TPSA) is 72.0 Å². The lowest BCUT2D eigenvalue weighted by Crippen LogP contribution is -2.54. The molecule has 2 aromatic rings. The average molecular weight is 469 g/mol. The Bertz CT molecular complexity index is 1090. The van der Waals surface area contributed by atoms with Gasteiger partial charge in [0.05, 0.1) is 17.8 Å². The number of aryl methyl sites for hydroxylation is 2. The number of carbonyl (C=O) groups excluding carboxylic acids is 1. The van der Waals surface area contributed by atoms with E-state index in [1.165, 1.54) is 22.9 Å². The molecule has 1 fully saturated rings. The molecule has 1 saturated heterocycles. The van der Waals surface area contributed by atoms with Crippen molar-refractivity contribution in [1.82, 2.24) is 20.8 Å². The summed E-state index contributed by atoms with van der Waals surface area (Å²) in [5.41, 5.74) is 11.1. The Kier molecular flexibility index (Phi) is 5.75. The molecule has 3 atom stereocenters. The fourth-order valence-electron chi connectivity index (χ4n) is 4.21. The SMILES string of the molecule is Cc1ccc(C2CC3C4NN=C(SCC(=O)Nc5cc(Cl)ccc5C)N4C=CN3N2)cc1. The molecule has 0 aliphatic carbocycles. The maximum absolute atomic E-state index is 12.5. The molecule has 0 spiro atoms. The number of amides is 1. The van der Waals surface area contributed by atoms with E-state index in [1.54, 1.807) is 6.07 Å². The van der Waals surface area contributed by atoms with Crippen LogP contribution in [0.4, 0.5) is 5.69 Å². The molecule has 0 radical (unpaired) electrons. The maximum atomic E-state index is 12.5. The van der Waals surface area contributed by atoms with E-state index in [2.05, 4.69) is 62.4 Å². The number of thioether (sulfide) groups is 1. The summed E-state index contributed by atoms with van der Waals surface area (Å²) in [4.78, 5) is 14.6. The van der Waals surface area contributed by atoms with Gasteiger partial charge in [-0.2, -0.15) is 5.10 Å². The third-order valence-electron chi connectivity index (χ3n) is 5.99. The number of hydrazone groups is 1. The Morgan fingerprint density at radius 2 is 2.03 bits per heavy atom. The zero-order valence-electron chi connectivity index (χ0n) is 17.9. The molecule has 2 aromatic carbocycles. The minimum absolute atomic E-state index is 0.0312. The van der Waals surface area contributed by atoms with E-state index in [0.29, 0.717) is 5.02 Å². The normalized spacial score (nSPS) is 23.5. The number of nitrogens with zero attached hydrogens (tertiary/aromatic N) is 3. The number of anilines is 1. The smallest absolute Gasteiger partial charge is 0.234 e. The van der Waals surface area contributed by atoms with Gasteiger partial charge in [-0.3, -0.25) is 10.2 Å². The third kappa shape index (κ3) is 4.18. The Balaban J connectivity index is 1.19. The van der Waals surface area contributed by atoms with Crippen LogP contribution in [0, 0.1) is 13.8 Å². The summed E-state index contributed by atoms with van der Waals surface area (Å²) in [6.07, 6.45) is 5.05. The van der Waals surface area contributed by atoms with Crippen molar-refractivity contribution in [1.29, 1.82) is 0 Å². The van der Waals surface area contributed by atoms with E-state index in [4.69, 9.17) is 11.6 Å². The quantitative estimate of drug-likeness (QED) is 0.631. The van der Waals surface area contributed by atoms with Gasteiger partial charge in [0.2, 0.25) is 5.91 Å². The van der Waals surface area contributed by atoms with Gasteiger partial charge in [-0.25, -0.2) is 5.43 Å². The molecule has 3 aliphatic rings. The van der Waals surface area contributed by atoms with E-state index >= 15 is 0 Å². The predicted octanol–water partition coefficient (Wildman–Crippen LogP) is 3.94. The molecule has 0 saturated carbocycles. The summed E-state index contributed by atoms with van der Waals surface area (Å²) in [5, 5.41) is 11.0. The molecule has 9 heteroatoms. The van der Waals surface area contributed by atoms with Crippen molar-refractivity contribution in [2.24, 2.45) is 5.10 Å². The fraction of sp³-hybridized carbons (Fsp3) is 0.304.